The molecule has 3 nitrogen and oxygen atoms in total. The van der Waals surface area contributed by atoms with E-state index in [-0.39, 0.29) is 5.56 Å². The highest BCUT2D eigenvalue weighted by Crippen LogP contribution is 2.39. The van der Waals surface area contributed by atoms with E-state index in [9.17, 15) is 4.79 Å². The topological polar surface area (TPSA) is 26.9 Å². The van der Waals surface area contributed by atoms with Crippen LogP contribution in [0.1, 0.15) is 30.0 Å². The van der Waals surface area contributed by atoms with Crippen molar-refractivity contribution in [3.8, 4) is 5.69 Å². The van der Waals surface area contributed by atoms with Crippen LogP contribution in [0, 0.1) is 6.92 Å². The van der Waals surface area contributed by atoms with Crippen LogP contribution in [0.25, 0.3) is 5.69 Å². The summed E-state index contributed by atoms with van der Waals surface area (Å²) in [5.74, 6) is 0.597. The molecule has 17 heavy (non-hydrogen) atoms. The second-order valence-corrected chi connectivity index (χ2v) is 4.85. The lowest BCUT2D eigenvalue weighted by molar-refractivity contribution is 0.616. The van der Waals surface area contributed by atoms with Crippen LogP contribution in [-0.4, -0.2) is 9.36 Å². The van der Waals surface area contributed by atoms with Crippen LogP contribution >= 0.6 is 0 Å². The summed E-state index contributed by atoms with van der Waals surface area (Å²) in [5, 5.41) is 0. The van der Waals surface area contributed by atoms with E-state index in [1.165, 1.54) is 18.4 Å². The van der Waals surface area contributed by atoms with E-state index >= 15 is 0 Å². The Morgan fingerprint density at radius 2 is 1.82 bits per heavy atom. The SMILES string of the molecule is Cc1ccc(-n2c(=O)cc(C3CC3)n2C)cc1. The molecule has 0 bridgehead atoms. The molecular weight excluding hydrogens is 212 g/mol. The molecule has 1 aromatic heterocycles. The average molecular weight is 228 g/mol. The Balaban J connectivity index is 2.13. The average Bonchev–Trinajstić information content (AvgIpc) is 3.09. The van der Waals surface area contributed by atoms with Gasteiger partial charge in [-0.15, -0.1) is 0 Å². The quantitative estimate of drug-likeness (QED) is 0.775. The van der Waals surface area contributed by atoms with Crippen molar-refractivity contribution in [3.63, 3.8) is 0 Å². The Labute approximate surface area is 100 Å². The van der Waals surface area contributed by atoms with Crippen LogP contribution in [0.3, 0.4) is 0 Å². The van der Waals surface area contributed by atoms with Crippen molar-refractivity contribution in [1.29, 1.82) is 0 Å². The second-order valence-electron chi connectivity index (χ2n) is 4.85. The maximum Gasteiger partial charge on any atom is 0.271 e. The van der Waals surface area contributed by atoms with Gasteiger partial charge < -0.3 is 0 Å². The summed E-state index contributed by atoms with van der Waals surface area (Å²) in [7, 11) is 1.97. The summed E-state index contributed by atoms with van der Waals surface area (Å²) in [6.07, 6.45) is 2.43. The van der Waals surface area contributed by atoms with Gasteiger partial charge in [-0.05, 0) is 31.9 Å². The van der Waals surface area contributed by atoms with Crippen molar-refractivity contribution in [1.82, 2.24) is 9.36 Å². The molecule has 0 N–H and O–H groups in total. The number of rotatable bonds is 2. The van der Waals surface area contributed by atoms with Gasteiger partial charge in [0.2, 0.25) is 0 Å². The third kappa shape index (κ3) is 1.71. The third-order valence-electron chi connectivity index (χ3n) is 3.43. The van der Waals surface area contributed by atoms with Gasteiger partial charge in [-0.1, -0.05) is 17.7 Å². The van der Waals surface area contributed by atoms with Gasteiger partial charge in [-0.3, -0.25) is 9.48 Å². The highest BCUT2D eigenvalue weighted by atomic mass is 16.1. The van der Waals surface area contributed by atoms with Crippen molar-refractivity contribution in [2.24, 2.45) is 7.05 Å². The van der Waals surface area contributed by atoms with Gasteiger partial charge in [0.05, 0.1) is 5.69 Å². The first kappa shape index (κ1) is 10.4. The standard InChI is InChI=1S/C14H16N2O/c1-10-3-7-12(8-4-10)16-14(17)9-13(15(16)2)11-5-6-11/h3-4,7-9,11H,5-6H2,1-2H3. The maximum absolute atomic E-state index is 12.0. The molecule has 1 fully saturated rings. The zero-order valence-corrected chi connectivity index (χ0v) is 10.2. The van der Waals surface area contributed by atoms with Crippen molar-refractivity contribution < 1.29 is 0 Å². The molecule has 1 aliphatic rings. The fraction of sp³-hybridized carbons (Fsp3) is 0.357. The van der Waals surface area contributed by atoms with Crippen LogP contribution in [0.4, 0.5) is 0 Å². The second kappa shape index (κ2) is 3.62. The van der Waals surface area contributed by atoms with Crippen molar-refractivity contribution in [2.45, 2.75) is 25.7 Å². The molecule has 1 aliphatic carbocycles. The van der Waals surface area contributed by atoms with E-state index in [1.54, 1.807) is 10.7 Å². The first-order valence-electron chi connectivity index (χ1n) is 6.03. The monoisotopic (exact) mass is 228 g/mol. The molecule has 2 aromatic rings. The van der Waals surface area contributed by atoms with E-state index in [0.29, 0.717) is 5.92 Å². The molecule has 0 spiro atoms. The van der Waals surface area contributed by atoms with Gasteiger partial charge in [0.1, 0.15) is 0 Å². The predicted octanol–water partition coefficient (Wildman–Crippen LogP) is 2.36. The summed E-state index contributed by atoms with van der Waals surface area (Å²) in [4.78, 5) is 12.0. The Morgan fingerprint density at radius 3 is 2.41 bits per heavy atom. The number of aryl methyl sites for hydroxylation is 1. The molecule has 3 heteroatoms. The van der Waals surface area contributed by atoms with E-state index in [1.807, 2.05) is 42.9 Å². The number of aromatic nitrogens is 2. The zero-order valence-electron chi connectivity index (χ0n) is 10.2. The Bertz CT molecular complexity index is 600. The lowest BCUT2D eigenvalue weighted by Gasteiger charge is -2.09. The molecule has 0 aliphatic heterocycles. The van der Waals surface area contributed by atoms with Crippen molar-refractivity contribution in [2.75, 3.05) is 0 Å². The summed E-state index contributed by atoms with van der Waals surface area (Å²) in [5.41, 5.74) is 3.38. The van der Waals surface area contributed by atoms with Crippen LogP contribution < -0.4 is 5.56 Å². The molecule has 0 unspecified atom stereocenters. The molecule has 0 atom stereocenters. The van der Waals surface area contributed by atoms with Crippen molar-refractivity contribution in [3.05, 3.63) is 51.9 Å². The third-order valence-corrected chi connectivity index (χ3v) is 3.43. The molecule has 3 rings (SSSR count). The maximum atomic E-state index is 12.0. The lowest BCUT2D eigenvalue weighted by Crippen LogP contribution is -2.19. The molecule has 1 saturated carbocycles. The summed E-state index contributed by atoms with van der Waals surface area (Å²) < 4.78 is 3.73. The van der Waals surface area contributed by atoms with E-state index in [0.717, 1.165) is 11.4 Å². The van der Waals surface area contributed by atoms with Crippen LogP contribution in [0.2, 0.25) is 0 Å². The number of hydrogen-bond donors (Lipinski definition) is 0. The van der Waals surface area contributed by atoms with E-state index in [2.05, 4.69) is 0 Å². The van der Waals surface area contributed by atoms with Gasteiger partial charge in [0.15, 0.2) is 0 Å². The number of benzene rings is 1. The minimum atomic E-state index is 0.0678. The largest absolute Gasteiger partial charge is 0.285 e. The van der Waals surface area contributed by atoms with Crippen molar-refractivity contribution >= 4 is 0 Å². The number of hydrogen-bond acceptors (Lipinski definition) is 1. The van der Waals surface area contributed by atoms with Crippen LogP contribution in [0.15, 0.2) is 35.1 Å². The van der Waals surface area contributed by atoms with Gasteiger partial charge in [0, 0.05) is 24.7 Å². The van der Waals surface area contributed by atoms with Gasteiger partial charge in [0.25, 0.3) is 5.56 Å². The first-order valence-corrected chi connectivity index (χ1v) is 6.03. The molecule has 1 heterocycles. The molecule has 0 saturated heterocycles. The van der Waals surface area contributed by atoms with Crippen LogP contribution in [0.5, 0.6) is 0 Å². The molecule has 0 amide bonds. The van der Waals surface area contributed by atoms with E-state index < -0.39 is 0 Å². The number of nitrogens with zero attached hydrogens (tertiary/aromatic N) is 2. The minimum absolute atomic E-state index is 0.0678. The fourth-order valence-corrected chi connectivity index (χ4v) is 2.29. The lowest BCUT2D eigenvalue weighted by atomic mass is 10.2. The minimum Gasteiger partial charge on any atom is -0.285 e. The normalized spacial score (nSPS) is 15.2. The molecular formula is C14H16N2O. The smallest absolute Gasteiger partial charge is 0.271 e. The van der Waals surface area contributed by atoms with E-state index in [4.69, 9.17) is 0 Å². The molecule has 0 radical (unpaired) electrons. The highest BCUT2D eigenvalue weighted by molar-refractivity contribution is 5.34. The summed E-state index contributed by atoms with van der Waals surface area (Å²) in [6, 6.07) is 9.83. The van der Waals surface area contributed by atoms with Crippen LogP contribution in [-0.2, 0) is 7.05 Å². The van der Waals surface area contributed by atoms with Gasteiger partial charge in [-0.25, -0.2) is 4.68 Å². The summed E-state index contributed by atoms with van der Waals surface area (Å²) in [6.45, 7) is 2.05. The molecule has 88 valence electrons. The Morgan fingerprint density at radius 1 is 1.18 bits per heavy atom. The zero-order chi connectivity index (χ0) is 12.0. The van der Waals surface area contributed by atoms with Gasteiger partial charge >= 0.3 is 0 Å². The predicted molar refractivity (Wildman–Crippen MR) is 67.7 cm³/mol. The summed E-state index contributed by atoms with van der Waals surface area (Å²) >= 11 is 0. The first-order chi connectivity index (χ1) is 8.16. The fourth-order valence-electron chi connectivity index (χ4n) is 2.29. The Hall–Kier alpha value is -1.77. The molecule has 1 aromatic carbocycles. The van der Waals surface area contributed by atoms with Gasteiger partial charge in [-0.2, -0.15) is 0 Å². The highest BCUT2D eigenvalue weighted by Gasteiger charge is 2.28. The Kier molecular flexibility index (Phi) is 2.21.